The number of anilines is 2. The number of benzene rings is 1. The lowest BCUT2D eigenvalue weighted by Gasteiger charge is -2.12. The molecule has 0 fully saturated rings. The highest BCUT2D eigenvalue weighted by Gasteiger charge is 2.07. The van der Waals surface area contributed by atoms with Crippen molar-refractivity contribution in [2.24, 2.45) is 5.73 Å². The molecular weight excluding hydrogens is 238 g/mol. The van der Waals surface area contributed by atoms with Gasteiger partial charge in [-0.15, -0.1) is 0 Å². The normalized spacial score (nSPS) is 12.6. The highest BCUT2D eigenvalue weighted by molar-refractivity contribution is 5.63. The first-order valence-corrected chi connectivity index (χ1v) is 7.07. The molecule has 0 aromatic heterocycles. The monoisotopic (exact) mass is 265 g/mol. The summed E-state index contributed by atoms with van der Waals surface area (Å²) < 4.78 is 0. The quantitative estimate of drug-likeness (QED) is 0.426. The Kier molecular flexibility index (Phi) is 6.67. The molecule has 0 aliphatic rings. The Morgan fingerprint density at radius 1 is 1.05 bits per heavy atom. The van der Waals surface area contributed by atoms with Crippen LogP contribution in [0.25, 0.3) is 0 Å². The van der Waals surface area contributed by atoms with Crippen molar-refractivity contribution >= 4 is 11.4 Å². The number of nitrogens with two attached hydrogens (primary N) is 3. The molecule has 0 heterocycles. The fourth-order valence-corrected chi connectivity index (χ4v) is 2.34. The Labute approximate surface area is 116 Å². The smallest absolute Gasteiger partial charge is 0.0540 e. The molecule has 0 saturated heterocycles. The lowest BCUT2D eigenvalue weighted by Crippen LogP contribution is -2.10. The van der Waals surface area contributed by atoms with Gasteiger partial charge in [-0.05, 0) is 68.8 Å². The molecule has 0 bridgehead atoms. The third-order valence-electron chi connectivity index (χ3n) is 3.42. The topological polar surface area (TPSA) is 98.3 Å². The molecule has 108 valence electrons. The van der Waals surface area contributed by atoms with Gasteiger partial charge in [-0.2, -0.15) is 0 Å². The number of nitrogen functional groups attached to an aromatic ring is 2. The van der Waals surface area contributed by atoms with Crippen LogP contribution in [-0.4, -0.2) is 17.8 Å². The van der Waals surface area contributed by atoms with Gasteiger partial charge in [0.2, 0.25) is 0 Å². The van der Waals surface area contributed by atoms with Crippen molar-refractivity contribution in [3.8, 4) is 0 Å². The maximum absolute atomic E-state index is 9.72. The number of aliphatic hydroxyl groups is 1. The zero-order chi connectivity index (χ0) is 14.3. The summed E-state index contributed by atoms with van der Waals surface area (Å²) in [5.74, 6) is 0. The van der Waals surface area contributed by atoms with Crippen LogP contribution in [0.4, 0.5) is 11.4 Å². The van der Waals surface area contributed by atoms with Crippen LogP contribution < -0.4 is 17.2 Å². The molecule has 4 heteroatoms. The minimum absolute atomic E-state index is 0.226. The molecule has 1 unspecified atom stereocenters. The second-order valence-electron chi connectivity index (χ2n) is 5.25. The molecule has 0 aliphatic carbocycles. The van der Waals surface area contributed by atoms with E-state index in [1.165, 1.54) is 0 Å². The predicted molar refractivity (Wildman–Crippen MR) is 81.9 cm³/mol. The van der Waals surface area contributed by atoms with Crippen LogP contribution in [-0.2, 0) is 6.42 Å². The maximum atomic E-state index is 9.72. The van der Waals surface area contributed by atoms with Crippen LogP contribution in [0.2, 0.25) is 0 Å². The highest BCUT2D eigenvalue weighted by Crippen LogP contribution is 2.24. The Bertz CT molecular complexity index is 370. The number of unbranched alkanes of at least 4 members (excludes halogenated alkanes) is 1. The molecule has 0 amide bonds. The van der Waals surface area contributed by atoms with Gasteiger partial charge < -0.3 is 22.3 Å². The van der Waals surface area contributed by atoms with Crippen molar-refractivity contribution in [3.05, 3.63) is 23.3 Å². The SMILES string of the molecule is Cc1cc(N)c(CCCCC(O)CCCN)c(N)c1. The Hall–Kier alpha value is -1.26. The van der Waals surface area contributed by atoms with Crippen molar-refractivity contribution in [1.29, 1.82) is 0 Å². The molecular formula is C15H27N3O. The molecule has 1 aromatic carbocycles. The van der Waals surface area contributed by atoms with Gasteiger partial charge in [-0.25, -0.2) is 0 Å². The van der Waals surface area contributed by atoms with Gasteiger partial charge in [0.05, 0.1) is 6.10 Å². The van der Waals surface area contributed by atoms with Crippen LogP contribution in [0.3, 0.4) is 0 Å². The molecule has 0 aliphatic heterocycles. The molecule has 7 N–H and O–H groups in total. The van der Waals surface area contributed by atoms with E-state index in [9.17, 15) is 5.11 Å². The second kappa shape index (κ2) is 8.02. The lowest BCUT2D eigenvalue weighted by molar-refractivity contribution is 0.149. The van der Waals surface area contributed by atoms with E-state index in [1.807, 2.05) is 19.1 Å². The number of hydrogen-bond donors (Lipinski definition) is 4. The van der Waals surface area contributed by atoms with Crippen LogP contribution in [0.5, 0.6) is 0 Å². The number of aliphatic hydroxyl groups excluding tert-OH is 1. The highest BCUT2D eigenvalue weighted by atomic mass is 16.3. The van der Waals surface area contributed by atoms with E-state index in [2.05, 4.69) is 0 Å². The fraction of sp³-hybridized carbons (Fsp3) is 0.600. The summed E-state index contributed by atoms with van der Waals surface area (Å²) in [6.45, 7) is 2.64. The zero-order valence-electron chi connectivity index (χ0n) is 11.9. The van der Waals surface area contributed by atoms with Gasteiger partial charge in [0.25, 0.3) is 0 Å². The second-order valence-corrected chi connectivity index (χ2v) is 5.25. The van der Waals surface area contributed by atoms with E-state index in [0.717, 1.165) is 61.0 Å². The van der Waals surface area contributed by atoms with Crippen LogP contribution in [0.1, 0.15) is 43.2 Å². The summed E-state index contributed by atoms with van der Waals surface area (Å²) in [4.78, 5) is 0. The Balaban J connectivity index is 2.34. The van der Waals surface area contributed by atoms with E-state index in [1.54, 1.807) is 0 Å². The third-order valence-corrected chi connectivity index (χ3v) is 3.42. The van der Waals surface area contributed by atoms with Gasteiger partial charge in [0.15, 0.2) is 0 Å². The third kappa shape index (κ3) is 5.49. The maximum Gasteiger partial charge on any atom is 0.0540 e. The minimum Gasteiger partial charge on any atom is -0.398 e. The number of rotatable bonds is 8. The molecule has 1 rings (SSSR count). The fourth-order valence-electron chi connectivity index (χ4n) is 2.34. The summed E-state index contributed by atoms with van der Waals surface area (Å²) in [5, 5.41) is 9.72. The van der Waals surface area contributed by atoms with Crippen molar-refractivity contribution in [3.63, 3.8) is 0 Å². The Morgan fingerprint density at radius 3 is 2.21 bits per heavy atom. The van der Waals surface area contributed by atoms with Gasteiger partial charge in [0.1, 0.15) is 0 Å². The summed E-state index contributed by atoms with van der Waals surface area (Å²) in [6, 6.07) is 3.92. The first-order valence-electron chi connectivity index (χ1n) is 7.07. The van der Waals surface area contributed by atoms with Crippen LogP contribution in [0, 0.1) is 6.92 Å². The molecule has 19 heavy (non-hydrogen) atoms. The van der Waals surface area contributed by atoms with Gasteiger partial charge in [0, 0.05) is 11.4 Å². The zero-order valence-corrected chi connectivity index (χ0v) is 11.9. The Morgan fingerprint density at radius 2 is 1.63 bits per heavy atom. The van der Waals surface area contributed by atoms with E-state index < -0.39 is 0 Å². The minimum atomic E-state index is -0.226. The van der Waals surface area contributed by atoms with E-state index >= 15 is 0 Å². The first-order chi connectivity index (χ1) is 9.04. The van der Waals surface area contributed by atoms with Crippen molar-refractivity contribution < 1.29 is 5.11 Å². The van der Waals surface area contributed by atoms with E-state index in [4.69, 9.17) is 17.2 Å². The number of hydrogen-bond acceptors (Lipinski definition) is 4. The van der Waals surface area contributed by atoms with Crippen LogP contribution in [0.15, 0.2) is 12.1 Å². The molecule has 1 atom stereocenters. The summed E-state index contributed by atoms with van der Waals surface area (Å²) in [5.41, 5.74) is 21.1. The first kappa shape index (κ1) is 15.8. The van der Waals surface area contributed by atoms with Crippen LogP contribution >= 0.6 is 0 Å². The van der Waals surface area contributed by atoms with E-state index in [0.29, 0.717) is 6.54 Å². The molecule has 0 saturated carbocycles. The number of aryl methyl sites for hydroxylation is 1. The summed E-state index contributed by atoms with van der Waals surface area (Å²) >= 11 is 0. The molecule has 4 nitrogen and oxygen atoms in total. The van der Waals surface area contributed by atoms with Crippen molar-refractivity contribution in [2.75, 3.05) is 18.0 Å². The standard InChI is InChI=1S/C15H27N3O/c1-11-9-14(17)13(15(18)10-11)7-3-2-5-12(19)6-4-8-16/h9-10,12,19H,2-8,16-18H2,1H3. The average Bonchev–Trinajstić information content (AvgIpc) is 2.34. The van der Waals surface area contributed by atoms with Gasteiger partial charge in [-0.1, -0.05) is 6.42 Å². The van der Waals surface area contributed by atoms with E-state index in [-0.39, 0.29) is 6.10 Å². The lowest BCUT2D eigenvalue weighted by atomic mass is 10.00. The average molecular weight is 265 g/mol. The molecule has 1 aromatic rings. The van der Waals surface area contributed by atoms with Gasteiger partial charge in [-0.3, -0.25) is 0 Å². The van der Waals surface area contributed by atoms with Crippen molar-refractivity contribution in [2.45, 2.75) is 51.6 Å². The molecule has 0 spiro atoms. The molecule has 0 radical (unpaired) electrons. The summed E-state index contributed by atoms with van der Waals surface area (Å²) in [7, 11) is 0. The predicted octanol–water partition coefficient (Wildman–Crippen LogP) is 1.97. The summed E-state index contributed by atoms with van der Waals surface area (Å²) in [6.07, 6.45) is 5.14. The van der Waals surface area contributed by atoms with Crippen molar-refractivity contribution in [1.82, 2.24) is 0 Å². The largest absolute Gasteiger partial charge is 0.398 e. The van der Waals surface area contributed by atoms with Gasteiger partial charge >= 0.3 is 0 Å².